The number of hydrogen-bond acceptors (Lipinski definition) is 4. The van der Waals surface area contributed by atoms with Gasteiger partial charge in [-0.25, -0.2) is 4.79 Å². The summed E-state index contributed by atoms with van der Waals surface area (Å²) in [6, 6.07) is 6.22. The molecule has 3 N–H and O–H groups in total. The molecule has 1 aromatic carbocycles. The molecule has 0 aliphatic carbocycles. The number of carbonyl (C=O) groups is 1. The Hall–Kier alpha value is -2.50. The van der Waals surface area contributed by atoms with Crippen LogP contribution in [-0.4, -0.2) is 33.5 Å². The van der Waals surface area contributed by atoms with Crippen LogP contribution in [0.1, 0.15) is 10.5 Å². The molecule has 6 heteroatoms. The lowest BCUT2D eigenvalue weighted by atomic mass is 10.1. The Morgan fingerprint density at radius 2 is 2.24 bits per heavy atom. The van der Waals surface area contributed by atoms with Crippen LogP contribution in [0.15, 0.2) is 24.3 Å². The van der Waals surface area contributed by atoms with Crippen LogP contribution in [0.2, 0.25) is 0 Å². The van der Waals surface area contributed by atoms with Crippen molar-refractivity contribution in [3.63, 3.8) is 0 Å². The summed E-state index contributed by atoms with van der Waals surface area (Å²) in [4.78, 5) is 11.0. The molecule has 0 aliphatic heterocycles. The van der Waals surface area contributed by atoms with E-state index in [-0.39, 0.29) is 17.3 Å². The van der Waals surface area contributed by atoms with E-state index >= 15 is 0 Å². The van der Waals surface area contributed by atoms with Gasteiger partial charge < -0.3 is 14.9 Å². The van der Waals surface area contributed by atoms with Gasteiger partial charge in [0.15, 0.2) is 5.69 Å². The first-order chi connectivity index (χ1) is 8.13. The number of rotatable bonds is 3. The molecule has 0 unspecified atom stereocenters. The standard InChI is InChI=1S/C11H10N2O4/c1-17-10-8(9(11(15)16)12-13-10)6-3-2-4-7(14)5-6/h2-5,14H,1H3,(H,12,13)(H,15,16). The number of hydrogen-bond donors (Lipinski definition) is 3. The first-order valence-corrected chi connectivity index (χ1v) is 4.78. The fourth-order valence-corrected chi connectivity index (χ4v) is 1.56. The molecule has 0 spiro atoms. The molecule has 0 aliphatic rings. The maximum absolute atomic E-state index is 11.0. The van der Waals surface area contributed by atoms with Crippen LogP contribution in [0.4, 0.5) is 0 Å². The third-order valence-corrected chi connectivity index (χ3v) is 2.28. The van der Waals surface area contributed by atoms with Gasteiger partial charge in [-0.15, -0.1) is 5.10 Å². The van der Waals surface area contributed by atoms with E-state index in [2.05, 4.69) is 10.2 Å². The zero-order valence-electron chi connectivity index (χ0n) is 8.97. The summed E-state index contributed by atoms with van der Waals surface area (Å²) in [6.07, 6.45) is 0. The predicted octanol–water partition coefficient (Wildman–Crippen LogP) is 1.49. The Bertz CT molecular complexity index is 562. The molecular weight excluding hydrogens is 224 g/mol. The molecule has 2 rings (SSSR count). The number of benzene rings is 1. The first kappa shape index (κ1) is 11.0. The summed E-state index contributed by atoms with van der Waals surface area (Å²) < 4.78 is 4.98. The quantitative estimate of drug-likeness (QED) is 0.747. The van der Waals surface area contributed by atoms with Crippen molar-refractivity contribution in [1.29, 1.82) is 0 Å². The molecule has 1 aromatic heterocycles. The summed E-state index contributed by atoms with van der Waals surface area (Å²) in [5, 5.41) is 24.5. The summed E-state index contributed by atoms with van der Waals surface area (Å²) in [7, 11) is 1.40. The Labute approximate surface area is 96.5 Å². The number of carboxylic acids is 1. The van der Waals surface area contributed by atoms with Gasteiger partial charge >= 0.3 is 5.97 Å². The number of ether oxygens (including phenoxy) is 1. The van der Waals surface area contributed by atoms with Crippen molar-refractivity contribution >= 4 is 5.97 Å². The Morgan fingerprint density at radius 3 is 2.82 bits per heavy atom. The lowest BCUT2D eigenvalue weighted by Gasteiger charge is -2.03. The number of aromatic amines is 1. The van der Waals surface area contributed by atoms with E-state index in [1.165, 1.54) is 19.2 Å². The van der Waals surface area contributed by atoms with Gasteiger partial charge in [0.2, 0.25) is 5.88 Å². The molecule has 17 heavy (non-hydrogen) atoms. The molecule has 2 aromatic rings. The molecule has 6 nitrogen and oxygen atoms in total. The van der Waals surface area contributed by atoms with E-state index in [1.807, 2.05) is 0 Å². The third kappa shape index (κ3) is 1.92. The lowest BCUT2D eigenvalue weighted by Crippen LogP contribution is -1.99. The SMILES string of the molecule is COc1n[nH]c(C(=O)O)c1-c1cccc(O)c1. The highest BCUT2D eigenvalue weighted by Gasteiger charge is 2.20. The minimum Gasteiger partial charge on any atom is -0.508 e. The summed E-state index contributed by atoms with van der Waals surface area (Å²) in [5.41, 5.74) is 0.761. The molecular formula is C11H10N2O4. The molecule has 88 valence electrons. The highest BCUT2D eigenvalue weighted by molar-refractivity contribution is 5.95. The monoisotopic (exact) mass is 234 g/mol. The van der Waals surface area contributed by atoms with Gasteiger partial charge in [0.05, 0.1) is 12.7 Å². The van der Waals surface area contributed by atoms with E-state index < -0.39 is 5.97 Å². The van der Waals surface area contributed by atoms with Crippen LogP contribution in [0, 0.1) is 0 Å². The van der Waals surface area contributed by atoms with Crippen LogP contribution in [-0.2, 0) is 0 Å². The molecule has 0 bridgehead atoms. The maximum atomic E-state index is 11.0. The highest BCUT2D eigenvalue weighted by atomic mass is 16.5. The smallest absolute Gasteiger partial charge is 0.354 e. The van der Waals surface area contributed by atoms with Crippen molar-refractivity contribution in [2.24, 2.45) is 0 Å². The third-order valence-electron chi connectivity index (χ3n) is 2.28. The van der Waals surface area contributed by atoms with Crippen molar-refractivity contribution in [2.45, 2.75) is 0 Å². The topological polar surface area (TPSA) is 95.4 Å². The second kappa shape index (κ2) is 4.17. The fourth-order valence-electron chi connectivity index (χ4n) is 1.56. The van der Waals surface area contributed by atoms with Gasteiger partial charge in [0, 0.05) is 0 Å². The largest absolute Gasteiger partial charge is 0.508 e. The highest BCUT2D eigenvalue weighted by Crippen LogP contribution is 2.32. The fraction of sp³-hybridized carbons (Fsp3) is 0.0909. The summed E-state index contributed by atoms with van der Waals surface area (Å²) in [5.74, 6) is -0.922. The molecule has 0 fully saturated rings. The number of aromatic nitrogens is 2. The number of phenolic OH excluding ortho intramolecular Hbond substituents is 1. The van der Waals surface area contributed by atoms with E-state index in [0.717, 1.165) is 0 Å². The Kier molecular flexibility index (Phi) is 2.70. The van der Waals surface area contributed by atoms with Gasteiger partial charge in [-0.2, -0.15) is 0 Å². The minimum absolute atomic E-state index is 0.0436. The van der Waals surface area contributed by atoms with Gasteiger partial charge in [0.1, 0.15) is 5.75 Å². The summed E-state index contributed by atoms with van der Waals surface area (Å²) in [6.45, 7) is 0. The predicted molar refractivity (Wildman–Crippen MR) is 59.2 cm³/mol. The Balaban J connectivity index is 2.64. The maximum Gasteiger partial charge on any atom is 0.354 e. The van der Waals surface area contributed by atoms with Crippen molar-refractivity contribution in [3.05, 3.63) is 30.0 Å². The van der Waals surface area contributed by atoms with Crippen molar-refractivity contribution in [3.8, 4) is 22.8 Å². The molecule has 0 atom stereocenters. The van der Waals surface area contributed by atoms with E-state index in [0.29, 0.717) is 11.1 Å². The number of aromatic carboxylic acids is 1. The van der Waals surface area contributed by atoms with Crippen LogP contribution < -0.4 is 4.74 Å². The van der Waals surface area contributed by atoms with Crippen LogP contribution in [0.3, 0.4) is 0 Å². The van der Waals surface area contributed by atoms with E-state index in [9.17, 15) is 9.90 Å². The zero-order valence-corrected chi connectivity index (χ0v) is 8.97. The second-order valence-electron chi connectivity index (χ2n) is 3.34. The molecule has 0 saturated heterocycles. The van der Waals surface area contributed by atoms with Crippen molar-refractivity contribution in [1.82, 2.24) is 10.2 Å². The van der Waals surface area contributed by atoms with Crippen LogP contribution >= 0.6 is 0 Å². The average Bonchev–Trinajstić information content (AvgIpc) is 2.72. The number of nitrogens with zero attached hydrogens (tertiary/aromatic N) is 1. The molecule has 0 amide bonds. The number of carboxylic acid groups (broad SMARTS) is 1. The van der Waals surface area contributed by atoms with Crippen molar-refractivity contribution in [2.75, 3.05) is 7.11 Å². The first-order valence-electron chi connectivity index (χ1n) is 4.78. The van der Waals surface area contributed by atoms with E-state index in [1.54, 1.807) is 12.1 Å². The van der Waals surface area contributed by atoms with Crippen LogP contribution in [0.5, 0.6) is 11.6 Å². The van der Waals surface area contributed by atoms with Gasteiger partial charge in [-0.1, -0.05) is 12.1 Å². The molecule has 0 radical (unpaired) electrons. The second-order valence-corrected chi connectivity index (χ2v) is 3.34. The normalized spacial score (nSPS) is 10.2. The number of aromatic hydroxyl groups is 1. The van der Waals surface area contributed by atoms with Crippen LogP contribution in [0.25, 0.3) is 11.1 Å². The summed E-state index contributed by atoms with van der Waals surface area (Å²) >= 11 is 0. The van der Waals surface area contributed by atoms with Gasteiger partial charge in [-0.3, -0.25) is 5.10 Å². The number of H-pyrrole nitrogens is 1. The number of nitrogens with one attached hydrogen (secondary N) is 1. The number of methoxy groups -OCH3 is 1. The average molecular weight is 234 g/mol. The van der Waals surface area contributed by atoms with Crippen molar-refractivity contribution < 1.29 is 19.7 Å². The van der Waals surface area contributed by atoms with Gasteiger partial charge in [0.25, 0.3) is 0 Å². The minimum atomic E-state index is -1.14. The number of phenols is 1. The lowest BCUT2D eigenvalue weighted by molar-refractivity contribution is 0.0691. The van der Waals surface area contributed by atoms with Gasteiger partial charge in [-0.05, 0) is 17.7 Å². The molecule has 1 heterocycles. The zero-order chi connectivity index (χ0) is 12.4. The molecule has 0 saturated carbocycles. The van der Waals surface area contributed by atoms with E-state index in [4.69, 9.17) is 9.84 Å². The Morgan fingerprint density at radius 1 is 1.47 bits per heavy atom.